The van der Waals surface area contributed by atoms with E-state index >= 15 is 0 Å². The van der Waals surface area contributed by atoms with Crippen LogP contribution in [0.2, 0.25) is 0 Å². The van der Waals surface area contributed by atoms with E-state index in [0.717, 1.165) is 10.9 Å². The highest BCUT2D eigenvalue weighted by Gasteiger charge is 2.16. The Morgan fingerprint density at radius 2 is 2.18 bits per heavy atom. The molecule has 0 bridgehead atoms. The minimum atomic E-state index is -0.646. The first-order chi connectivity index (χ1) is 8.25. The van der Waals surface area contributed by atoms with Crippen LogP contribution in [0.5, 0.6) is 0 Å². The van der Waals surface area contributed by atoms with E-state index in [9.17, 15) is 5.11 Å². The molecule has 0 amide bonds. The Hall–Kier alpha value is -1.65. The van der Waals surface area contributed by atoms with Crippen LogP contribution >= 0.6 is 11.3 Å². The van der Waals surface area contributed by atoms with Crippen molar-refractivity contribution in [2.24, 2.45) is 7.05 Å². The quantitative estimate of drug-likeness (QED) is 0.752. The Bertz CT molecular complexity index is 656. The number of rotatable bonds is 2. The maximum Gasteiger partial charge on any atom is 0.124 e. The van der Waals surface area contributed by atoms with Gasteiger partial charge in [-0.05, 0) is 16.8 Å². The fourth-order valence-corrected chi connectivity index (χ4v) is 2.92. The van der Waals surface area contributed by atoms with E-state index in [4.69, 9.17) is 0 Å². The number of imidazole rings is 1. The van der Waals surface area contributed by atoms with Gasteiger partial charge in [0.2, 0.25) is 0 Å². The van der Waals surface area contributed by atoms with E-state index in [2.05, 4.69) is 11.1 Å². The number of benzene rings is 1. The van der Waals surface area contributed by atoms with Crippen molar-refractivity contribution in [1.29, 1.82) is 0 Å². The van der Waals surface area contributed by atoms with Crippen LogP contribution in [-0.2, 0) is 7.05 Å². The second-order valence-electron chi connectivity index (χ2n) is 4.05. The van der Waals surface area contributed by atoms with E-state index in [-0.39, 0.29) is 0 Å². The molecule has 2 aromatic heterocycles. The van der Waals surface area contributed by atoms with Gasteiger partial charge in [-0.25, -0.2) is 4.98 Å². The molecule has 0 radical (unpaired) electrons. The molecule has 0 aliphatic rings. The zero-order chi connectivity index (χ0) is 11.8. The van der Waals surface area contributed by atoms with Crippen molar-refractivity contribution in [3.8, 4) is 0 Å². The van der Waals surface area contributed by atoms with Crippen LogP contribution < -0.4 is 0 Å². The lowest BCUT2D eigenvalue weighted by Crippen LogP contribution is -1.98. The van der Waals surface area contributed by atoms with Crippen molar-refractivity contribution in [3.05, 3.63) is 53.4 Å². The van der Waals surface area contributed by atoms with Crippen molar-refractivity contribution >= 4 is 21.4 Å². The first-order valence-electron chi connectivity index (χ1n) is 5.38. The van der Waals surface area contributed by atoms with Crippen LogP contribution in [-0.4, -0.2) is 14.7 Å². The molecule has 0 aliphatic heterocycles. The zero-order valence-corrected chi connectivity index (χ0v) is 10.2. The summed E-state index contributed by atoms with van der Waals surface area (Å²) in [5.74, 6) is 0. The highest BCUT2D eigenvalue weighted by molar-refractivity contribution is 7.17. The molecule has 17 heavy (non-hydrogen) atoms. The third-order valence-electron chi connectivity index (χ3n) is 2.81. The fourth-order valence-electron chi connectivity index (χ4n) is 1.94. The van der Waals surface area contributed by atoms with Gasteiger partial charge < -0.3 is 9.67 Å². The second kappa shape index (κ2) is 3.98. The summed E-state index contributed by atoms with van der Waals surface area (Å²) in [5.41, 5.74) is 1.63. The van der Waals surface area contributed by atoms with Gasteiger partial charge in [0.1, 0.15) is 6.10 Å². The number of aromatic nitrogens is 2. The van der Waals surface area contributed by atoms with Crippen molar-refractivity contribution in [2.75, 3.05) is 0 Å². The number of hydrogen-bond donors (Lipinski definition) is 1. The summed E-state index contributed by atoms with van der Waals surface area (Å²) in [4.78, 5) is 4.20. The van der Waals surface area contributed by atoms with E-state index in [0.29, 0.717) is 5.69 Å². The molecule has 3 aromatic rings. The van der Waals surface area contributed by atoms with Crippen molar-refractivity contribution < 1.29 is 5.11 Å². The van der Waals surface area contributed by atoms with E-state index in [1.807, 2.05) is 41.4 Å². The van der Waals surface area contributed by atoms with Crippen LogP contribution in [0.3, 0.4) is 0 Å². The normalized spacial score (nSPS) is 13.1. The van der Waals surface area contributed by atoms with Gasteiger partial charge in [-0.1, -0.05) is 18.2 Å². The molecule has 4 heteroatoms. The van der Waals surface area contributed by atoms with Crippen LogP contribution in [0.4, 0.5) is 0 Å². The lowest BCUT2D eigenvalue weighted by Gasteiger charge is -2.06. The third kappa shape index (κ3) is 1.75. The molecule has 3 rings (SSSR count). The Morgan fingerprint density at radius 3 is 2.94 bits per heavy atom. The molecule has 1 aromatic carbocycles. The van der Waals surface area contributed by atoms with E-state index in [1.165, 1.54) is 4.70 Å². The zero-order valence-electron chi connectivity index (χ0n) is 9.37. The highest BCUT2D eigenvalue weighted by Crippen LogP contribution is 2.32. The molecule has 0 saturated heterocycles. The lowest BCUT2D eigenvalue weighted by atomic mass is 10.1. The van der Waals surface area contributed by atoms with Gasteiger partial charge in [-0.2, -0.15) is 0 Å². The van der Waals surface area contributed by atoms with Crippen LogP contribution in [0.25, 0.3) is 10.1 Å². The Balaban J connectivity index is 2.09. The van der Waals surface area contributed by atoms with Crippen molar-refractivity contribution in [1.82, 2.24) is 9.55 Å². The third-order valence-corrected chi connectivity index (χ3v) is 3.79. The van der Waals surface area contributed by atoms with Crippen LogP contribution in [0.1, 0.15) is 17.4 Å². The number of aliphatic hydroxyl groups is 1. The number of fused-ring (bicyclic) bond motifs is 1. The molecule has 0 saturated carbocycles. The molecule has 1 N–H and O–H groups in total. The topological polar surface area (TPSA) is 38.0 Å². The summed E-state index contributed by atoms with van der Waals surface area (Å²) >= 11 is 1.65. The van der Waals surface area contributed by atoms with Crippen molar-refractivity contribution in [3.63, 3.8) is 0 Å². The molecular formula is C13H12N2OS. The first-order valence-corrected chi connectivity index (χ1v) is 6.26. The van der Waals surface area contributed by atoms with E-state index < -0.39 is 6.10 Å². The predicted molar refractivity (Wildman–Crippen MR) is 69.1 cm³/mol. The van der Waals surface area contributed by atoms with Crippen LogP contribution in [0.15, 0.2) is 42.2 Å². The Kier molecular flexibility index (Phi) is 2.46. The first kappa shape index (κ1) is 10.5. The smallest absolute Gasteiger partial charge is 0.124 e. The fraction of sp³-hybridized carbons (Fsp3) is 0.154. The van der Waals surface area contributed by atoms with Gasteiger partial charge >= 0.3 is 0 Å². The number of aliphatic hydroxyl groups excluding tert-OH is 1. The van der Waals surface area contributed by atoms with Gasteiger partial charge in [0.25, 0.3) is 0 Å². The van der Waals surface area contributed by atoms with E-state index in [1.54, 1.807) is 17.7 Å². The van der Waals surface area contributed by atoms with Gasteiger partial charge in [-0.3, -0.25) is 0 Å². The molecular weight excluding hydrogens is 232 g/mol. The maximum atomic E-state index is 10.3. The Morgan fingerprint density at radius 1 is 1.35 bits per heavy atom. The second-order valence-corrected chi connectivity index (χ2v) is 4.96. The average Bonchev–Trinajstić information content (AvgIpc) is 2.94. The van der Waals surface area contributed by atoms with Crippen LogP contribution in [0, 0.1) is 0 Å². The van der Waals surface area contributed by atoms with Gasteiger partial charge in [0.15, 0.2) is 0 Å². The summed E-state index contributed by atoms with van der Waals surface area (Å²) in [7, 11) is 1.90. The molecule has 2 heterocycles. The molecule has 1 atom stereocenters. The number of thiophene rings is 1. The molecule has 1 unspecified atom stereocenters. The monoisotopic (exact) mass is 244 g/mol. The summed E-state index contributed by atoms with van der Waals surface area (Å²) in [6.45, 7) is 0. The summed E-state index contributed by atoms with van der Waals surface area (Å²) < 4.78 is 3.03. The highest BCUT2D eigenvalue weighted by atomic mass is 32.1. The summed E-state index contributed by atoms with van der Waals surface area (Å²) in [6, 6.07) is 8.10. The standard InChI is InChI=1S/C13H12N2OS/c1-15-6-11(14-8-15)13(16)10-7-17-12-5-3-2-4-9(10)12/h2-8,13,16H,1H3. The molecule has 0 spiro atoms. The molecule has 86 valence electrons. The summed E-state index contributed by atoms with van der Waals surface area (Å²) in [6.07, 6.45) is 2.90. The summed E-state index contributed by atoms with van der Waals surface area (Å²) in [5, 5.41) is 13.4. The lowest BCUT2D eigenvalue weighted by molar-refractivity contribution is 0.218. The average molecular weight is 244 g/mol. The van der Waals surface area contributed by atoms with Crippen molar-refractivity contribution in [2.45, 2.75) is 6.10 Å². The van der Waals surface area contributed by atoms with Gasteiger partial charge in [-0.15, -0.1) is 11.3 Å². The maximum absolute atomic E-state index is 10.3. The molecule has 3 nitrogen and oxygen atoms in total. The molecule has 0 fully saturated rings. The number of aryl methyl sites for hydroxylation is 1. The Labute approximate surface area is 103 Å². The van der Waals surface area contributed by atoms with Gasteiger partial charge in [0.05, 0.1) is 12.0 Å². The van der Waals surface area contributed by atoms with Gasteiger partial charge in [0, 0.05) is 23.5 Å². The predicted octanol–water partition coefficient (Wildman–Crippen LogP) is 2.72. The number of hydrogen-bond acceptors (Lipinski definition) is 3. The molecule has 0 aliphatic carbocycles. The minimum absolute atomic E-state index is 0.646. The number of nitrogens with zero attached hydrogens (tertiary/aromatic N) is 2. The minimum Gasteiger partial charge on any atom is -0.382 e. The largest absolute Gasteiger partial charge is 0.382 e. The SMILES string of the molecule is Cn1cnc(C(O)c2csc3ccccc23)c1.